The number of ether oxygens (including phenoxy) is 2. The van der Waals surface area contributed by atoms with Crippen molar-refractivity contribution in [2.45, 2.75) is 6.04 Å². The molecule has 1 amide bonds. The highest BCUT2D eigenvalue weighted by atomic mass is 35.5. The van der Waals surface area contributed by atoms with Gasteiger partial charge in [-0.3, -0.25) is 4.79 Å². The fourth-order valence-electron chi connectivity index (χ4n) is 1.87. The third kappa shape index (κ3) is 3.74. The van der Waals surface area contributed by atoms with Gasteiger partial charge in [0.25, 0.3) is 5.91 Å². The number of rotatable bonds is 5. The topological polar surface area (TPSA) is 84.9 Å². The molecule has 1 heterocycles. The van der Waals surface area contributed by atoms with Crippen molar-refractivity contribution in [3.8, 4) is 5.75 Å². The molecular formula is C14H14ClNO5. The van der Waals surface area contributed by atoms with Gasteiger partial charge in [-0.25, -0.2) is 4.79 Å². The van der Waals surface area contributed by atoms with Crippen LogP contribution < -0.4 is 10.1 Å². The summed E-state index contributed by atoms with van der Waals surface area (Å²) in [4.78, 5) is 23.1. The van der Waals surface area contributed by atoms with E-state index in [2.05, 4.69) is 5.32 Å². The predicted molar refractivity (Wildman–Crippen MR) is 76.4 cm³/mol. The Balaban J connectivity index is 2.15. The Bertz CT molecular complexity index is 599. The predicted octanol–water partition coefficient (Wildman–Crippen LogP) is 1.33. The van der Waals surface area contributed by atoms with Crippen LogP contribution in [0.4, 0.5) is 0 Å². The first-order valence-corrected chi connectivity index (χ1v) is 6.54. The molecule has 112 valence electrons. The van der Waals surface area contributed by atoms with E-state index < -0.39 is 17.9 Å². The number of hydrogen-bond acceptors (Lipinski definition) is 4. The van der Waals surface area contributed by atoms with Crippen LogP contribution in [-0.4, -0.2) is 43.3 Å². The average molecular weight is 312 g/mol. The highest BCUT2D eigenvalue weighted by molar-refractivity contribution is 6.30. The Morgan fingerprint density at radius 1 is 1.52 bits per heavy atom. The summed E-state index contributed by atoms with van der Waals surface area (Å²) in [7, 11) is 1.36. The molecule has 0 bridgehead atoms. The van der Waals surface area contributed by atoms with Gasteiger partial charge in [0.1, 0.15) is 12.4 Å². The zero-order chi connectivity index (χ0) is 15.4. The van der Waals surface area contributed by atoms with Gasteiger partial charge in [-0.15, -0.1) is 0 Å². The first-order chi connectivity index (χ1) is 10.0. The van der Waals surface area contributed by atoms with Crippen molar-refractivity contribution in [2.24, 2.45) is 0 Å². The summed E-state index contributed by atoms with van der Waals surface area (Å²) < 4.78 is 10.2. The van der Waals surface area contributed by atoms with Gasteiger partial charge >= 0.3 is 5.97 Å². The average Bonchev–Trinajstić information content (AvgIpc) is 2.45. The number of methoxy groups -OCH3 is 1. The number of hydrogen-bond donors (Lipinski definition) is 2. The Hall–Kier alpha value is -2.05. The number of benzene rings is 1. The molecule has 0 spiro atoms. The van der Waals surface area contributed by atoms with Gasteiger partial charge in [0.2, 0.25) is 0 Å². The maximum absolute atomic E-state index is 12.1. The number of amides is 1. The van der Waals surface area contributed by atoms with Gasteiger partial charge in [-0.05, 0) is 24.3 Å². The summed E-state index contributed by atoms with van der Waals surface area (Å²) in [5, 5.41) is 11.9. The number of carboxylic acid groups (broad SMARTS) is 1. The van der Waals surface area contributed by atoms with Crippen LogP contribution in [0, 0.1) is 0 Å². The molecule has 1 aromatic carbocycles. The third-order valence-electron chi connectivity index (χ3n) is 2.91. The van der Waals surface area contributed by atoms with E-state index in [1.807, 2.05) is 0 Å². The van der Waals surface area contributed by atoms with Crippen LogP contribution in [0.5, 0.6) is 5.75 Å². The maximum atomic E-state index is 12.1. The number of fused-ring (bicyclic) bond motifs is 1. The quantitative estimate of drug-likeness (QED) is 0.857. The Morgan fingerprint density at radius 3 is 2.95 bits per heavy atom. The van der Waals surface area contributed by atoms with Gasteiger partial charge in [-0.1, -0.05) is 11.6 Å². The van der Waals surface area contributed by atoms with Crippen LogP contribution >= 0.6 is 11.6 Å². The maximum Gasteiger partial charge on any atom is 0.328 e. The van der Waals surface area contributed by atoms with Crippen LogP contribution in [0.15, 0.2) is 23.8 Å². The molecule has 0 saturated heterocycles. The molecular weight excluding hydrogens is 298 g/mol. The van der Waals surface area contributed by atoms with E-state index in [9.17, 15) is 9.59 Å². The first kappa shape index (κ1) is 15.3. The lowest BCUT2D eigenvalue weighted by molar-refractivity contribution is -0.142. The molecule has 0 fully saturated rings. The van der Waals surface area contributed by atoms with Crippen molar-refractivity contribution in [1.29, 1.82) is 0 Å². The number of halogens is 1. The van der Waals surface area contributed by atoms with Crippen LogP contribution in [0.25, 0.3) is 6.08 Å². The summed E-state index contributed by atoms with van der Waals surface area (Å²) in [5.74, 6) is -1.04. The van der Waals surface area contributed by atoms with E-state index in [-0.39, 0.29) is 13.2 Å². The summed E-state index contributed by atoms with van der Waals surface area (Å²) in [6.07, 6.45) is 1.63. The van der Waals surface area contributed by atoms with E-state index >= 15 is 0 Å². The molecule has 2 rings (SSSR count). The number of carboxylic acids is 1. The van der Waals surface area contributed by atoms with Crippen LogP contribution in [0.1, 0.15) is 5.56 Å². The lowest BCUT2D eigenvalue weighted by Crippen LogP contribution is -2.45. The van der Waals surface area contributed by atoms with E-state index in [0.29, 0.717) is 21.9 Å². The molecule has 0 saturated carbocycles. The minimum Gasteiger partial charge on any atom is -0.488 e. The fourth-order valence-corrected chi connectivity index (χ4v) is 2.05. The standard InChI is InChI=1S/C14H14ClNO5/c1-20-7-11(14(18)19)16-13(17)9-4-8-5-10(15)2-3-12(8)21-6-9/h2-5,11H,6-7H2,1H3,(H,16,17)(H,18,19). The Labute approximate surface area is 126 Å². The van der Waals surface area contributed by atoms with Crippen molar-refractivity contribution >= 4 is 29.6 Å². The van der Waals surface area contributed by atoms with Crippen LogP contribution in [0.2, 0.25) is 5.02 Å². The molecule has 1 atom stereocenters. The van der Waals surface area contributed by atoms with Crippen molar-refractivity contribution in [3.63, 3.8) is 0 Å². The second-order valence-corrected chi connectivity index (χ2v) is 4.90. The van der Waals surface area contributed by atoms with Gasteiger partial charge in [0, 0.05) is 17.7 Å². The van der Waals surface area contributed by atoms with Crippen molar-refractivity contribution in [3.05, 3.63) is 34.4 Å². The second kappa shape index (κ2) is 6.60. The molecule has 1 unspecified atom stereocenters. The second-order valence-electron chi connectivity index (χ2n) is 4.46. The highest BCUT2D eigenvalue weighted by Gasteiger charge is 2.23. The molecule has 0 aliphatic carbocycles. The van der Waals surface area contributed by atoms with Crippen LogP contribution in [0.3, 0.4) is 0 Å². The third-order valence-corrected chi connectivity index (χ3v) is 3.15. The SMILES string of the molecule is COCC(NC(=O)C1=Cc2cc(Cl)ccc2OC1)C(=O)O. The summed E-state index contributed by atoms with van der Waals surface area (Å²) >= 11 is 5.89. The zero-order valence-electron chi connectivity index (χ0n) is 11.3. The van der Waals surface area contributed by atoms with E-state index in [1.165, 1.54) is 7.11 Å². The molecule has 1 aromatic rings. The molecule has 0 aromatic heterocycles. The smallest absolute Gasteiger partial charge is 0.328 e. The van der Waals surface area contributed by atoms with Crippen molar-refractivity contribution in [2.75, 3.05) is 20.3 Å². The minimum absolute atomic E-state index is 0.0692. The van der Waals surface area contributed by atoms with E-state index in [1.54, 1.807) is 24.3 Å². The summed E-state index contributed by atoms with van der Waals surface area (Å²) in [6.45, 7) is -0.0442. The molecule has 2 N–H and O–H groups in total. The van der Waals surface area contributed by atoms with Gasteiger partial charge in [0.05, 0.1) is 12.2 Å². The number of nitrogens with one attached hydrogen (secondary N) is 1. The van der Waals surface area contributed by atoms with Crippen LogP contribution in [-0.2, 0) is 14.3 Å². The normalized spacial score (nSPS) is 14.5. The first-order valence-electron chi connectivity index (χ1n) is 6.17. The van der Waals surface area contributed by atoms with Gasteiger partial charge in [-0.2, -0.15) is 0 Å². The monoisotopic (exact) mass is 311 g/mol. The summed E-state index contributed by atoms with van der Waals surface area (Å²) in [5.41, 5.74) is 1.00. The summed E-state index contributed by atoms with van der Waals surface area (Å²) in [6, 6.07) is 3.98. The molecule has 7 heteroatoms. The largest absolute Gasteiger partial charge is 0.488 e. The van der Waals surface area contributed by atoms with Crippen molar-refractivity contribution < 1.29 is 24.2 Å². The minimum atomic E-state index is -1.16. The fraction of sp³-hybridized carbons (Fsp3) is 0.286. The number of carbonyl (C=O) groups is 2. The zero-order valence-corrected chi connectivity index (χ0v) is 12.0. The van der Waals surface area contributed by atoms with Gasteiger partial charge in [0.15, 0.2) is 6.04 Å². The van der Waals surface area contributed by atoms with E-state index in [0.717, 1.165) is 0 Å². The van der Waals surface area contributed by atoms with E-state index in [4.69, 9.17) is 26.2 Å². The molecule has 0 radical (unpaired) electrons. The molecule has 6 nitrogen and oxygen atoms in total. The Morgan fingerprint density at radius 2 is 2.29 bits per heavy atom. The number of carbonyl (C=O) groups excluding carboxylic acids is 1. The highest BCUT2D eigenvalue weighted by Crippen LogP contribution is 2.28. The lowest BCUT2D eigenvalue weighted by atomic mass is 10.1. The molecule has 21 heavy (non-hydrogen) atoms. The molecule has 1 aliphatic heterocycles. The van der Waals surface area contributed by atoms with Crippen molar-refractivity contribution in [1.82, 2.24) is 5.32 Å². The Kier molecular flexibility index (Phi) is 4.82. The molecule has 1 aliphatic rings. The number of aliphatic carboxylic acids is 1. The van der Waals surface area contributed by atoms with Gasteiger partial charge < -0.3 is 19.9 Å². The lowest BCUT2D eigenvalue weighted by Gasteiger charge is -2.19.